The van der Waals surface area contributed by atoms with Gasteiger partial charge in [-0.05, 0) is 49.8 Å². The van der Waals surface area contributed by atoms with Crippen LogP contribution in [-0.2, 0) is 17.8 Å². The molecule has 1 atom stereocenters. The number of likely N-dealkylation sites (tertiary alicyclic amines) is 1. The number of carbonyl (C=O) groups is 1. The quantitative estimate of drug-likeness (QED) is 0.807. The summed E-state index contributed by atoms with van der Waals surface area (Å²) in [6.07, 6.45) is 6.50. The number of hydrogen-bond acceptors (Lipinski definition) is 4. The minimum Gasteiger partial charge on any atom is -0.508 e. The minimum atomic E-state index is -0.488. The zero-order valence-corrected chi connectivity index (χ0v) is 15.3. The van der Waals surface area contributed by atoms with Gasteiger partial charge in [0.2, 0.25) is 5.91 Å². The van der Waals surface area contributed by atoms with Crippen LogP contribution in [0.3, 0.4) is 0 Å². The number of aromatic nitrogens is 2. The van der Waals surface area contributed by atoms with Gasteiger partial charge >= 0.3 is 5.69 Å². The molecule has 144 valence electrons. The Morgan fingerprint density at radius 2 is 1.93 bits per heavy atom. The van der Waals surface area contributed by atoms with Crippen LogP contribution in [0.2, 0.25) is 0 Å². The third-order valence-corrected chi connectivity index (χ3v) is 5.11. The molecule has 2 N–H and O–H groups in total. The molecule has 7 nitrogen and oxygen atoms in total. The maximum atomic E-state index is 12.7. The van der Waals surface area contributed by atoms with E-state index in [0.29, 0.717) is 0 Å². The van der Waals surface area contributed by atoms with Crippen LogP contribution in [0.15, 0.2) is 46.1 Å². The lowest BCUT2D eigenvalue weighted by Crippen LogP contribution is -2.44. The normalized spacial score (nSPS) is 17.0. The third-order valence-electron chi connectivity index (χ3n) is 5.11. The second kappa shape index (κ2) is 8.70. The third kappa shape index (κ3) is 5.09. The molecule has 1 fully saturated rings. The first kappa shape index (κ1) is 18.9. The highest BCUT2D eigenvalue weighted by atomic mass is 16.3. The highest BCUT2D eigenvalue weighted by molar-refractivity contribution is 5.76. The molecule has 0 bridgehead atoms. The van der Waals surface area contributed by atoms with E-state index in [1.54, 1.807) is 12.1 Å². The summed E-state index contributed by atoms with van der Waals surface area (Å²) in [5.41, 5.74) is 0.219. The lowest BCUT2D eigenvalue weighted by Gasteiger charge is -2.36. The summed E-state index contributed by atoms with van der Waals surface area (Å²) in [6, 6.07) is 8.67. The van der Waals surface area contributed by atoms with Gasteiger partial charge in [-0.1, -0.05) is 12.1 Å². The standard InChI is InChI=1S/C20H25N3O4/c24-17-8-5-15(6-9-17)4-7-16-3-1-2-12-23(16)19(26)11-14-22-13-10-18(25)21-20(22)27/h5-6,8-10,13,16,24H,1-4,7,11-12,14H2,(H,21,25,27)/t16-/m0/s1. The molecule has 1 aromatic heterocycles. The lowest BCUT2D eigenvalue weighted by atomic mass is 9.95. The van der Waals surface area contributed by atoms with Gasteiger partial charge in [-0.3, -0.25) is 14.6 Å². The summed E-state index contributed by atoms with van der Waals surface area (Å²) in [5, 5.41) is 9.38. The first-order valence-corrected chi connectivity index (χ1v) is 9.40. The number of carbonyl (C=O) groups excluding carboxylic acids is 1. The SMILES string of the molecule is O=C(CCn1ccc(=O)[nH]c1=O)N1CCCC[C@H]1CCc1ccc(O)cc1. The first-order chi connectivity index (χ1) is 13.0. The molecule has 1 saturated heterocycles. The summed E-state index contributed by atoms with van der Waals surface area (Å²) in [4.78, 5) is 39.7. The fourth-order valence-electron chi connectivity index (χ4n) is 3.60. The molecule has 0 radical (unpaired) electrons. The Morgan fingerprint density at radius 1 is 1.15 bits per heavy atom. The molecule has 0 aliphatic carbocycles. The number of nitrogens with zero attached hydrogens (tertiary/aromatic N) is 2. The van der Waals surface area contributed by atoms with Crippen LogP contribution < -0.4 is 11.2 Å². The zero-order valence-electron chi connectivity index (χ0n) is 15.3. The van der Waals surface area contributed by atoms with Crippen molar-refractivity contribution in [1.82, 2.24) is 14.5 Å². The van der Waals surface area contributed by atoms with Gasteiger partial charge < -0.3 is 14.6 Å². The molecule has 1 aromatic carbocycles. The van der Waals surface area contributed by atoms with Gasteiger partial charge in [0.05, 0.1) is 0 Å². The fraction of sp³-hybridized carbons (Fsp3) is 0.450. The second-order valence-electron chi connectivity index (χ2n) is 7.00. The van der Waals surface area contributed by atoms with Crippen molar-refractivity contribution in [3.05, 3.63) is 62.9 Å². The Balaban J connectivity index is 1.58. The van der Waals surface area contributed by atoms with Crippen molar-refractivity contribution in [1.29, 1.82) is 0 Å². The van der Waals surface area contributed by atoms with E-state index < -0.39 is 11.2 Å². The van der Waals surface area contributed by atoms with Crippen LogP contribution in [-0.4, -0.2) is 38.1 Å². The largest absolute Gasteiger partial charge is 0.508 e. The van der Waals surface area contributed by atoms with Crippen LogP contribution in [0.4, 0.5) is 0 Å². The zero-order chi connectivity index (χ0) is 19.2. The summed E-state index contributed by atoms with van der Waals surface area (Å²) in [6.45, 7) is 1.01. The number of aromatic amines is 1. The average Bonchev–Trinajstić information content (AvgIpc) is 2.67. The lowest BCUT2D eigenvalue weighted by molar-refractivity contribution is -0.135. The number of rotatable bonds is 6. The number of hydrogen-bond donors (Lipinski definition) is 2. The number of amides is 1. The van der Waals surface area contributed by atoms with Crippen LogP contribution in [0, 0.1) is 0 Å². The van der Waals surface area contributed by atoms with Gasteiger partial charge in [0.15, 0.2) is 0 Å². The molecule has 2 heterocycles. The Hall–Kier alpha value is -2.83. The molecular weight excluding hydrogens is 346 g/mol. The van der Waals surface area contributed by atoms with Gasteiger partial charge in [-0.2, -0.15) is 0 Å². The predicted octanol–water partition coefficient (Wildman–Crippen LogP) is 1.65. The van der Waals surface area contributed by atoms with Crippen molar-refractivity contribution < 1.29 is 9.90 Å². The summed E-state index contributed by atoms with van der Waals surface area (Å²) in [5.74, 6) is 0.300. The maximum absolute atomic E-state index is 12.7. The number of nitrogens with one attached hydrogen (secondary N) is 1. The van der Waals surface area contributed by atoms with Crippen LogP contribution in [0.1, 0.15) is 37.7 Å². The molecule has 7 heteroatoms. The second-order valence-corrected chi connectivity index (χ2v) is 7.00. The number of piperidine rings is 1. The van der Waals surface area contributed by atoms with Crippen molar-refractivity contribution in [2.24, 2.45) is 0 Å². The van der Waals surface area contributed by atoms with E-state index in [1.165, 1.54) is 16.8 Å². The van der Waals surface area contributed by atoms with E-state index in [1.807, 2.05) is 17.0 Å². The van der Waals surface area contributed by atoms with E-state index in [-0.39, 0.29) is 30.7 Å². The fourth-order valence-corrected chi connectivity index (χ4v) is 3.60. The van der Waals surface area contributed by atoms with Gasteiger partial charge in [-0.25, -0.2) is 4.79 Å². The highest BCUT2D eigenvalue weighted by Crippen LogP contribution is 2.23. The number of aromatic hydroxyl groups is 1. The molecule has 1 aliphatic heterocycles. The topological polar surface area (TPSA) is 95.4 Å². The molecular formula is C20H25N3O4. The molecule has 0 unspecified atom stereocenters. The van der Waals surface area contributed by atoms with Gasteiger partial charge in [0.1, 0.15) is 5.75 Å². The Morgan fingerprint density at radius 3 is 2.67 bits per heavy atom. The van der Waals surface area contributed by atoms with Crippen LogP contribution in [0.5, 0.6) is 5.75 Å². The molecule has 0 spiro atoms. The van der Waals surface area contributed by atoms with Crippen molar-refractivity contribution in [2.45, 2.75) is 51.1 Å². The number of phenols is 1. The smallest absolute Gasteiger partial charge is 0.328 e. The van der Waals surface area contributed by atoms with Crippen molar-refractivity contribution >= 4 is 5.91 Å². The predicted molar refractivity (Wildman–Crippen MR) is 102 cm³/mol. The molecule has 1 aliphatic rings. The minimum absolute atomic E-state index is 0.0449. The van der Waals surface area contributed by atoms with Gasteiger partial charge in [-0.15, -0.1) is 0 Å². The van der Waals surface area contributed by atoms with E-state index in [0.717, 1.165) is 44.2 Å². The molecule has 3 rings (SSSR count). The Labute approximate surface area is 157 Å². The van der Waals surface area contributed by atoms with Crippen molar-refractivity contribution in [3.63, 3.8) is 0 Å². The van der Waals surface area contributed by atoms with Crippen LogP contribution in [0.25, 0.3) is 0 Å². The first-order valence-electron chi connectivity index (χ1n) is 9.40. The Bertz CT molecular complexity index is 885. The number of H-pyrrole nitrogens is 1. The molecule has 2 aromatic rings. The number of aryl methyl sites for hydroxylation is 2. The van der Waals surface area contributed by atoms with E-state index in [9.17, 15) is 19.5 Å². The van der Waals surface area contributed by atoms with Crippen LogP contribution >= 0.6 is 0 Å². The number of phenolic OH excluding ortho intramolecular Hbond substituents is 1. The van der Waals surface area contributed by atoms with Crippen molar-refractivity contribution in [2.75, 3.05) is 6.54 Å². The summed E-state index contributed by atoms with van der Waals surface area (Å²) >= 11 is 0. The van der Waals surface area contributed by atoms with Gasteiger partial charge in [0, 0.05) is 37.8 Å². The Kier molecular flexibility index (Phi) is 6.11. The summed E-state index contributed by atoms with van der Waals surface area (Å²) < 4.78 is 1.36. The summed E-state index contributed by atoms with van der Waals surface area (Å²) in [7, 11) is 0. The van der Waals surface area contributed by atoms with E-state index in [4.69, 9.17) is 0 Å². The molecule has 27 heavy (non-hydrogen) atoms. The molecule has 0 saturated carbocycles. The van der Waals surface area contributed by atoms with E-state index in [2.05, 4.69) is 4.98 Å². The van der Waals surface area contributed by atoms with Crippen molar-refractivity contribution in [3.8, 4) is 5.75 Å². The monoisotopic (exact) mass is 371 g/mol. The molecule has 1 amide bonds. The van der Waals surface area contributed by atoms with Gasteiger partial charge in [0.25, 0.3) is 5.56 Å². The number of benzene rings is 1. The van der Waals surface area contributed by atoms with E-state index >= 15 is 0 Å². The average molecular weight is 371 g/mol. The maximum Gasteiger partial charge on any atom is 0.328 e. The highest BCUT2D eigenvalue weighted by Gasteiger charge is 2.26.